The van der Waals surface area contributed by atoms with E-state index < -0.39 is 23.6 Å². The van der Waals surface area contributed by atoms with Crippen LogP contribution in [0.3, 0.4) is 0 Å². The van der Waals surface area contributed by atoms with Crippen molar-refractivity contribution in [2.75, 3.05) is 4.90 Å². The molecule has 0 saturated heterocycles. The standard InChI is InChI=1S/C17H7ClF3N3O2/c18-12-5-1-8-2-6-13(23-14(8)22-12)24-15(25)10-4-3-9(17(19,20)21)7-11(10)16(24)26/h1-7H. The molecule has 1 aromatic carbocycles. The lowest BCUT2D eigenvalue weighted by atomic mass is 10.1. The molecule has 0 aliphatic carbocycles. The van der Waals surface area contributed by atoms with Crippen LogP contribution in [0.5, 0.6) is 0 Å². The molecule has 0 N–H and O–H groups in total. The van der Waals surface area contributed by atoms with Crippen molar-refractivity contribution in [1.29, 1.82) is 0 Å². The van der Waals surface area contributed by atoms with Crippen LogP contribution >= 0.6 is 11.6 Å². The minimum atomic E-state index is -4.62. The first kappa shape index (κ1) is 16.5. The average Bonchev–Trinajstić information content (AvgIpc) is 2.84. The molecular weight excluding hydrogens is 371 g/mol. The summed E-state index contributed by atoms with van der Waals surface area (Å²) in [7, 11) is 0. The van der Waals surface area contributed by atoms with E-state index in [1.165, 1.54) is 6.07 Å². The highest BCUT2D eigenvalue weighted by atomic mass is 35.5. The van der Waals surface area contributed by atoms with Crippen molar-refractivity contribution in [3.8, 4) is 0 Å². The minimum absolute atomic E-state index is 0.0352. The SMILES string of the molecule is O=C1c2ccc(C(F)(F)F)cc2C(=O)N1c1ccc2ccc(Cl)nc2n1. The van der Waals surface area contributed by atoms with Crippen molar-refractivity contribution >= 4 is 40.3 Å². The molecule has 0 bridgehead atoms. The zero-order valence-corrected chi connectivity index (χ0v) is 13.5. The normalized spacial score (nSPS) is 14.2. The monoisotopic (exact) mass is 377 g/mol. The van der Waals surface area contributed by atoms with E-state index in [1.54, 1.807) is 18.2 Å². The first-order valence-electron chi connectivity index (χ1n) is 7.29. The number of benzene rings is 1. The number of nitrogens with zero attached hydrogens (tertiary/aromatic N) is 3. The topological polar surface area (TPSA) is 63.2 Å². The van der Waals surface area contributed by atoms with Gasteiger partial charge in [-0.25, -0.2) is 14.9 Å². The van der Waals surface area contributed by atoms with E-state index in [9.17, 15) is 22.8 Å². The number of anilines is 1. The second-order valence-electron chi connectivity index (χ2n) is 5.55. The van der Waals surface area contributed by atoms with Crippen LogP contribution in [0.1, 0.15) is 26.3 Å². The predicted octanol–water partition coefficient (Wildman–Crippen LogP) is 4.10. The largest absolute Gasteiger partial charge is 0.416 e. The van der Waals surface area contributed by atoms with Gasteiger partial charge in [-0.1, -0.05) is 11.6 Å². The van der Waals surface area contributed by atoms with Gasteiger partial charge in [-0.15, -0.1) is 0 Å². The second kappa shape index (κ2) is 5.50. The fraction of sp³-hybridized carbons (Fsp3) is 0.0588. The molecule has 0 atom stereocenters. The third-order valence-electron chi connectivity index (χ3n) is 3.95. The van der Waals surface area contributed by atoms with Gasteiger partial charge in [-0.05, 0) is 42.5 Å². The van der Waals surface area contributed by atoms with Crippen LogP contribution in [0.15, 0.2) is 42.5 Å². The molecule has 0 spiro atoms. The summed E-state index contributed by atoms with van der Waals surface area (Å²) in [4.78, 5) is 33.9. The number of imide groups is 1. The maximum atomic E-state index is 12.9. The van der Waals surface area contributed by atoms with E-state index in [0.717, 1.165) is 17.0 Å². The van der Waals surface area contributed by atoms with Crippen LogP contribution in [0.25, 0.3) is 11.0 Å². The smallest absolute Gasteiger partial charge is 0.268 e. The van der Waals surface area contributed by atoms with Crippen LogP contribution in [0.4, 0.5) is 19.0 Å². The predicted molar refractivity (Wildman–Crippen MR) is 87.1 cm³/mol. The molecule has 3 aromatic rings. The average molecular weight is 378 g/mol. The highest BCUT2D eigenvalue weighted by molar-refractivity contribution is 6.34. The summed E-state index contributed by atoms with van der Waals surface area (Å²) >= 11 is 5.82. The highest BCUT2D eigenvalue weighted by Gasteiger charge is 2.40. The third kappa shape index (κ3) is 2.50. The number of fused-ring (bicyclic) bond motifs is 2. The Morgan fingerprint density at radius 2 is 1.58 bits per heavy atom. The molecular formula is C17H7ClF3N3O2. The highest BCUT2D eigenvalue weighted by Crippen LogP contribution is 2.34. The van der Waals surface area contributed by atoms with E-state index in [0.29, 0.717) is 11.5 Å². The quantitative estimate of drug-likeness (QED) is 0.473. The number of hydrogen-bond acceptors (Lipinski definition) is 4. The van der Waals surface area contributed by atoms with Gasteiger partial charge in [0, 0.05) is 5.39 Å². The number of amides is 2. The number of aromatic nitrogens is 2. The summed E-state index contributed by atoms with van der Waals surface area (Å²) < 4.78 is 38.6. The van der Waals surface area contributed by atoms with Gasteiger partial charge in [0.25, 0.3) is 11.8 Å². The number of carbonyl (C=O) groups excluding carboxylic acids is 2. The Morgan fingerprint density at radius 1 is 0.885 bits per heavy atom. The maximum absolute atomic E-state index is 12.9. The lowest BCUT2D eigenvalue weighted by Gasteiger charge is -2.13. The number of rotatable bonds is 1. The van der Waals surface area contributed by atoms with Crippen LogP contribution in [-0.2, 0) is 6.18 Å². The molecule has 26 heavy (non-hydrogen) atoms. The van der Waals surface area contributed by atoms with Crippen molar-refractivity contribution in [1.82, 2.24) is 9.97 Å². The van der Waals surface area contributed by atoms with Crippen molar-refractivity contribution in [3.05, 3.63) is 64.3 Å². The fourth-order valence-electron chi connectivity index (χ4n) is 2.72. The van der Waals surface area contributed by atoms with Crippen LogP contribution in [0.2, 0.25) is 5.15 Å². The van der Waals surface area contributed by atoms with E-state index in [2.05, 4.69) is 9.97 Å². The van der Waals surface area contributed by atoms with Crippen LogP contribution in [-0.4, -0.2) is 21.8 Å². The molecule has 5 nitrogen and oxygen atoms in total. The van der Waals surface area contributed by atoms with Gasteiger partial charge in [-0.3, -0.25) is 9.59 Å². The fourth-order valence-corrected chi connectivity index (χ4v) is 2.86. The zero-order chi connectivity index (χ0) is 18.6. The summed E-state index contributed by atoms with van der Waals surface area (Å²) in [6.07, 6.45) is -4.62. The van der Waals surface area contributed by atoms with E-state index in [-0.39, 0.29) is 27.7 Å². The Morgan fingerprint density at radius 3 is 2.31 bits per heavy atom. The molecule has 0 radical (unpaired) electrons. The minimum Gasteiger partial charge on any atom is -0.268 e. The third-order valence-corrected chi connectivity index (χ3v) is 4.16. The summed E-state index contributed by atoms with van der Waals surface area (Å²) in [6, 6.07) is 8.67. The Hall–Kier alpha value is -3.00. The Balaban J connectivity index is 1.81. The van der Waals surface area contributed by atoms with Crippen molar-refractivity contribution in [2.24, 2.45) is 0 Å². The number of alkyl halides is 3. The number of hydrogen-bond donors (Lipinski definition) is 0. The Labute approximate surface area is 149 Å². The van der Waals surface area contributed by atoms with Gasteiger partial charge in [0.05, 0.1) is 16.7 Å². The van der Waals surface area contributed by atoms with Crippen molar-refractivity contribution < 1.29 is 22.8 Å². The van der Waals surface area contributed by atoms with Gasteiger partial charge in [0.15, 0.2) is 5.65 Å². The first-order valence-corrected chi connectivity index (χ1v) is 7.67. The summed E-state index contributed by atoms with van der Waals surface area (Å²) in [5, 5.41) is 0.813. The molecule has 3 heterocycles. The molecule has 2 aromatic heterocycles. The Bertz CT molecular complexity index is 1100. The van der Waals surface area contributed by atoms with E-state index in [4.69, 9.17) is 11.6 Å². The summed E-state index contributed by atoms with van der Waals surface area (Å²) in [5.41, 5.74) is -1.21. The number of halogens is 4. The zero-order valence-electron chi connectivity index (χ0n) is 12.7. The van der Waals surface area contributed by atoms with Crippen molar-refractivity contribution in [2.45, 2.75) is 6.18 Å². The number of pyridine rings is 2. The summed E-state index contributed by atoms with van der Waals surface area (Å²) in [5.74, 6) is -1.65. The molecule has 0 saturated carbocycles. The van der Waals surface area contributed by atoms with Gasteiger partial charge >= 0.3 is 6.18 Å². The van der Waals surface area contributed by atoms with Gasteiger partial charge in [0.2, 0.25) is 0 Å². The summed E-state index contributed by atoms with van der Waals surface area (Å²) in [6.45, 7) is 0. The molecule has 0 fully saturated rings. The Kier molecular flexibility index (Phi) is 3.48. The first-order chi connectivity index (χ1) is 12.3. The van der Waals surface area contributed by atoms with Crippen molar-refractivity contribution in [3.63, 3.8) is 0 Å². The van der Waals surface area contributed by atoms with E-state index >= 15 is 0 Å². The molecule has 2 amide bonds. The molecule has 1 aliphatic heterocycles. The molecule has 1 aliphatic rings. The van der Waals surface area contributed by atoms with Gasteiger partial charge < -0.3 is 0 Å². The van der Waals surface area contributed by atoms with Crippen LogP contribution < -0.4 is 4.90 Å². The molecule has 130 valence electrons. The lowest BCUT2D eigenvalue weighted by molar-refractivity contribution is -0.137. The van der Waals surface area contributed by atoms with Gasteiger partial charge in [-0.2, -0.15) is 13.2 Å². The molecule has 4 rings (SSSR count). The van der Waals surface area contributed by atoms with Crippen LogP contribution in [0, 0.1) is 0 Å². The maximum Gasteiger partial charge on any atom is 0.416 e. The lowest BCUT2D eigenvalue weighted by Crippen LogP contribution is -2.30. The second-order valence-corrected chi connectivity index (χ2v) is 5.94. The van der Waals surface area contributed by atoms with E-state index in [1.807, 2.05) is 0 Å². The molecule has 9 heteroatoms. The number of carbonyl (C=O) groups is 2. The molecule has 0 unspecified atom stereocenters. The van der Waals surface area contributed by atoms with Gasteiger partial charge in [0.1, 0.15) is 11.0 Å².